The van der Waals surface area contributed by atoms with Gasteiger partial charge in [-0.05, 0) is 43.4 Å². The quantitative estimate of drug-likeness (QED) is 0.708. The van der Waals surface area contributed by atoms with Crippen LogP contribution in [0.25, 0.3) is 0 Å². The van der Waals surface area contributed by atoms with Crippen LogP contribution in [0.15, 0.2) is 12.3 Å². The summed E-state index contributed by atoms with van der Waals surface area (Å²) < 4.78 is 5.35. The van der Waals surface area contributed by atoms with E-state index in [0.717, 1.165) is 70.5 Å². The molecule has 0 atom stereocenters. The van der Waals surface area contributed by atoms with E-state index in [-0.39, 0.29) is 11.8 Å². The molecule has 3 rings (SSSR count). The minimum atomic E-state index is -0.487. The van der Waals surface area contributed by atoms with Gasteiger partial charge in [-0.3, -0.25) is 19.5 Å². The third-order valence-electron chi connectivity index (χ3n) is 5.52. The monoisotopic (exact) mass is 374 g/mol. The molecule has 0 bridgehead atoms. The summed E-state index contributed by atoms with van der Waals surface area (Å²) in [6.07, 6.45) is 7.75. The fraction of sp³-hybridized carbons (Fsp3) is 0.650. The lowest BCUT2D eigenvalue weighted by molar-refractivity contribution is 0.0374. The van der Waals surface area contributed by atoms with Crippen LogP contribution in [-0.2, 0) is 4.74 Å². The van der Waals surface area contributed by atoms with Crippen molar-refractivity contribution in [1.82, 2.24) is 15.2 Å². The Balaban J connectivity index is 1.64. The van der Waals surface area contributed by atoms with E-state index in [9.17, 15) is 9.59 Å². The zero-order valence-electron chi connectivity index (χ0n) is 15.9. The van der Waals surface area contributed by atoms with Gasteiger partial charge in [0.15, 0.2) is 0 Å². The number of primary amides is 1. The number of rotatable bonds is 7. The number of aromatic nitrogens is 1. The first kappa shape index (κ1) is 19.8. The van der Waals surface area contributed by atoms with Crippen molar-refractivity contribution in [2.45, 2.75) is 44.4 Å². The highest BCUT2D eigenvalue weighted by atomic mass is 16.5. The van der Waals surface area contributed by atoms with Gasteiger partial charge in [-0.2, -0.15) is 0 Å². The van der Waals surface area contributed by atoms with E-state index in [0.29, 0.717) is 17.8 Å². The Morgan fingerprint density at radius 1 is 1.22 bits per heavy atom. The van der Waals surface area contributed by atoms with Crippen molar-refractivity contribution < 1.29 is 14.3 Å². The Morgan fingerprint density at radius 3 is 2.67 bits per heavy atom. The number of hydrogen-bond donors (Lipinski definition) is 2. The number of morpholine rings is 1. The van der Waals surface area contributed by atoms with Crippen LogP contribution >= 0.6 is 0 Å². The normalized spacial score (nSPS) is 19.0. The molecule has 1 aromatic rings. The average molecular weight is 374 g/mol. The topological polar surface area (TPSA) is 97.6 Å². The Morgan fingerprint density at radius 2 is 1.96 bits per heavy atom. The summed E-state index contributed by atoms with van der Waals surface area (Å²) in [4.78, 5) is 31.4. The van der Waals surface area contributed by atoms with Crippen molar-refractivity contribution in [2.75, 3.05) is 39.4 Å². The highest BCUT2D eigenvalue weighted by Gasteiger charge is 2.27. The fourth-order valence-electron chi connectivity index (χ4n) is 4.09. The smallest absolute Gasteiger partial charge is 0.270 e. The molecule has 2 heterocycles. The summed E-state index contributed by atoms with van der Waals surface area (Å²) in [6, 6.07) is 1.64. The molecule has 2 amide bonds. The maximum atomic E-state index is 12.8. The Labute approximate surface area is 160 Å². The molecule has 1 saturated heterocycles. The Kier molecular flexibility index (Phi) is 7.18. The van der Waals surface area contributed by atoms with Crippen LogP contribution in [-0.4, -0.2) is 61.1 Å². The summed E-state index contributed by atoms with van der Waals surface area (Å²) in [5.74, 6) is -0.510. The van der Waals surface area contributed by atoms with Crippen molar-refractivity contribution in [3.63, 3.8) is 0 Å². The third-order valence-corrected chi connectivity index (χ3v) is 5.52. The van der Waals surface area contributed by atoms with Crippen molar-refractivity contribution in [1.29, 1.82) is 0 Å². The largest absolute Gasteiger partial charge is 0.379 e. The molecule has 1 aliphatic carbocycles. The number of nitrogens with zero attached hydrogens (tertiary/aromatic N) is 2. The van der Waals surface area contributed by atoms with Gasteiger partial charge in [-0.1, -0.05) is 19.3 Å². The minimum Gasteiger partial charge on any atom is -0.379 e. The van der Waals surface area contributed by atoms with Gasteiger partial charge in [0.2, 0.25) is 5.91 Å². The Hall–Kier alpha value is -1.99. The summed E-state index contributed by atoms with van der Waals surface area (Å²) in [5.41, 5.74) is 7.13. The molecule has 27 heavy (non-hydrogen) atoms. The number of nitrogens with two attached hydrogens (primary N) is 1. The predicted molar refractivity (Wildman–Crippen MR) is 103 cm³/mol. The van der Waals surface area contributed by atoms with E-state index >= 15 is 0 Å². The van der Waals surface area contributed by atoms with E-state index < -0.39 is 5.91 Å². The lowest BCUT2D eigenvalue weighted by Gasteiger charge is -2.26. The van der Waals surface area contributed by atoms with Gasteiger partial charge >= 0.3 is 0 Å². The van der Waals surface area contributed by atoms with Crippen molar-refractivity contribution in [3.05, 3.63) is 29.1 Å². The van der Waals surface area contributed by atoms with Crippen LogP contribution in [0.2, 0.25) is 0 Å². The number of nitrogens with one attached hydrogen (secondary N) is 1. The number of pyridine rings is 1. The molecule has 0 unspecified atom stereocenters. The van der Waals surface area contributed by atoms with Crippen LogP contribution in [0.1, 0.15) is 70.9 Å². The molecule has 148 valence electrons. The highest BCUT2D eigenvalue weighted by molar-refractivity contribution is 6.00. The number of ether oxygens (including phenoxy) is 1. The highest BCUT2D eigenvalue weighted by Crippen LogP contribution is 2.35. The molecule has 0 spiro atoms. The van der Waals surface area contributed by atoms with Gasteiger partial charge in [-0.15, -0.1) is 0 Å². The van der Waals surface area contributed by atoms with Gasteiger partial charge in [-0.25, -0.2) is 0 Å². The lowest BCUT2D eigenvalue weighted by Crippen LogP contribution is -2.38. The fourth-order valence-corrected chi connectivity index (χ4v) is 4.09. The second-order valence-electron chi connectivity index (χ2n) is 7.38. The molecule has 7 heteroatoms. The third kappa shape index (κ3) is 5.26. The van der Waals surface area contributed by atoms with Crippen LogP contribution in [0.3, 0.4) is 0 Å². The molecule has 3 N–H and O–H groups in total. The summed E-state index contributed by atoms with van der Waals surface area (Å²) in [5, 5.41) is 2.97. The molecule has 2 aliphatic rings. The van der Waals surface area contributed by atoms with Gasteiger partial charge in [0, 0.05) is 31.4 Å². The van der Waals surface area contributed by atoms with Gasteiger partial charge in [0.25, 0.3) is 5.91 Å². The molecule has 7 nitrogen and oxygen atoms in total. The number of amides is 2. The summed E-state index contributed by atoms with van der Waals surface area (Å²) in [7, 11) is 0. The van der Waals surface area contributed by atoms with Gasteiger partial charge in [0.05, 0.1) is 13.2 Å². The SMILES string of the molecule is NC(=O)c1ccnc(C(=O)NCCCN2CCOCC2)c1C1CCCCC1. The second-order valence-corrected chi connectivity index (χ2v) is 7.38. The molecule has 0 radical (unpaired) electrons. The van der Waals surface area contributed by atoms with Crippen LogP contribution in [0.5, 0.6) is 0 Å². The standard InChI is InChI=1S/C20H30N4O3/c21-19(25)16-7-9-22-18(17(16)15-5-2-1-3-6-15)20(26)23-8-4-10-24-11-13-27-14-12-24/h7,9,15H,1-6,8,10-14H2,(H2,21,25)(H,23,26). The average Bonchev–Trinajstić information content (AvgIpc) is 2.72. The maximum Gasteiger partial charge on any atom is 0.270 e. The zero-order chi connectivity index (χ0) is 19.1. The van der Waals surface area contributed by atoms with Crippen LogP contribution in [0, 0.1) is 0 Å². The molecule has 1 aromatic heterocycles. The number of hydrogen-bond acceptors (Lipinski definition) is 5. The van der Waals surface area contributed by atoms with Crippen molar-refractivity contribution in [3.8, 4) is 0 Å². The molecule has 1 saturated carbocycles. The van der Waals surface area contributed by atoms with Gasteiger partial charge in [0.1, 0.15) is 5.69 Å². The number of carbonyl (C=O) groups is 2. The Bertz CT molecular complexity index is 653. The molecule has 2 fully saturated rings. The zero-order valence-corrected chi connectivity index (χ0v) is 15.9. The molecular formula is C20H30N4O3. The summed E-state index contributed by atoms with van der Waals surface area (Å²) in [6.45, 7) is 4.97. The molecule has 0 aromatic carbocycles. The first-order chi connectivity index (χ1) is 13.2. The van der Waals surface area contributed by atoms with Crippen LogP contribution < -0.4 is 11.1 Å². The van der Waals surface area contributed by atoms with Gasteiger partial charge < -0.3 is 15.8 Å². The maximum absolute atomic E-state index is 12.8. The summed E-state index contributed by atoms with van der Waals surface area (Å²) >= 11 is 0. The van der Waals surface area contributed by atoms with E-state index in [4.69, 9.17) is 10.5 Å². The van der Waals surface area contributed by atoms with E-state index in [2.05, 4.69) is 15.2 Å². The number of carbonyl (C=O) groups excluding carboxylic acids is 2. The van der Waals surface area contributed by atoms with E-state index in [1.165, 1.54) is 12.6 Å². The molecule has 1 aliphatic heterocycles. The predicted octanol–water partition coefficient (Wildman–Crippen LogP) is 1.68. The van der Waals surface area contributed by atoms with E-state index in [1.54, 1.807) is 6.07 Å². The first-order valence-electron chi connectivity index (χ1n) is 10.0. The second kappa shape index (κ2) is 9.80. The van der Waals surface area contributed by atoms with Crippen LogP contribution in [0.4, 0.5) is 0 Å². The first-order valence-corrected chi connectivity index (χ1v) is 10.0. The minimum absolute atomic E-state index is 0.184. The van der Waals surface area contributed by atoms with Crippen molar-refractivity contribution >= 4 is 11.8 Å². The van der Waals surface area contributed by atoms with E-state index in [1.807, 2.05) is 0 Å². The van der Waals surface area contributed by atoms with Crippen molar-refractivity contribution in [2.24, 2.45) is 5.73 Å². The lowest BCUT2D eigenvalue weighted by atomic mass is 9.81. The molecular weight excluding hydrogens is 344 g/mol.